The lowest BCUT2D eigenvalue weighted by Gasteiger charge is -2.04. The highest BCUT2D eigenvalue weighted by atomic mass is 35.5. The van der Waals surface area contributed by atoms with E-state index in [2.05, 4.69) is 5.10 Å². The van der Waals surface area contributed by atoms with Gasteiger partial charge in [0.15, 0.2) is 5.78 Å². The summed E-state index contributed by atoms with van der Waals surface area (Å²) in [6.07, 6.45) is -0.564. The molecule has 0 aliphatic heterocycles. The molecule has 0 fully saturated rings. The van der Waals surface area contributed by atoms with Gasteiger partial charge in [-0.05, 0) is 18.2 Å². The van der Waals surface area contributed by atoms with Gasteiger partial charge < -0.3 is 9.84 Å². The van der Waals surface area contributed by atoms with E-state index in [1.165, 1.54) is 13.2 Å². The SMILES string of the molecule is COCC(=O)c1c(CC(=O)O)[nH]n(-c2ccc(F)cc2Cl)c1=O. The number of methoxy groups -OCH3 is 1. The van der Waals surface area contributed by atoms with E-state index in [4.69, 9.17) is 21.4 Å². The van der Waals surface area contributed by atoms with Gasteiger partial charge in [0.05, 0.1) is 22.8 Å². The van der Waals surface area contributed by atoms with E-state index in [1.54, 1.807) is 0 Å². The monoisotopic (exact) mass is 342 g/mol. The van der Waals surface area contributed by atoms with Crippen molar-refractivity contribution in [3.05, 3.63) is 50.7 Å². The van der Waals surface area contributed by atoms with Gasteiger partial charge in [-0.15, -0.1) is 0 Å². The number of hydrogen-bond donors (Lipinski definition) is 2. The van der Waals surface area contributed by atoms with Crippen molar-refractivity contribution >= 4 is 23.4 Å². The first-order chi connectivity index (χ1) is 10.8. The molecular weight excluding hydrogens is 331 g/mol. The number of benzene rings is 1. The number of carbonyl (C=O) groups excluding carboxylic acids is 1. The van der Waals surface area contributed by atoms with Crippen LogP contribution in [0.3, 0.4) is 0 Å². The molecule has 0 aliphatic rings. The topological polar surface area (TPSA) is 101 Å². The fourth-order valence-corrected chi connectivity index (χ4v) is 2.34. The summed E-state index contributed by atoms with van der Waals surface area (Å²) >= 11 is 5.90. The molecule has 0 amide bonds. The number of ketones is 1. The van der Waals surface area contributed by atoms with Crippen molar-refractivity contribution in [1.82, 2.24) is 9.78 Å². The molecule has 2 N–H and O–H groups in total. The van der Waals surface area contributed by atoms with Gasteiger partial charge in [-0.25, -0.2) is 9.07 Å². The number of halogens is 2. The Kier molecular flexibility index (Phi) is 4.97. The second-order valence-electron chi connectivity index (χ2n) is 4.63. The van der Waals surface area contributed by atoms with Crippen molar-refractivity contribution in [1.29, 1.82) is 0 Å². The largest absolute Gasteiger partial charge is 0.481 e. The van der Waals surface area contributed by atoms with E-state index in [1.807, 2.05) is 0 Å². The van der Waals surface area contributed by atoms with Crippen LogP contribution >= 0.6 is 11.6 Å². The number of H-pyrrole nitrogens is 1. The minimum absolute atomic E-state index is 0.0686. The van der Waals surface area contributed by atoms with Crippen molar-refractivity contribution in [3.63, 3.8) is 0 Å². The lowest BCUT2D eigenvalue weighted by molar-refractivity contribution is -0.136. The first-order valence-corrected chi connectivity index (χ1v) is 6.76. The first-order valence-electron chi connectivity index (χ1n) is 6.38. The van der Waals surface area contributed by atoms with E-state index in [0.717, 1.165) is 16.8 Å². The summed E-state index contributed by atoms with van der Waals surface area (Å²) in [5.41, 5.74) is -1.09. The lowest BCUT2D eigenvalue weighted by atomic mass is 10.1. The van der Waals surface area contributed by atoms with Crippen LogP contribution in [0.4, 0.5) is 4.39 Å². The highest BCUT2D eigenvalue weighted by Crippen LogP contribution is 2.20. The fourth-order valence-electron chi connectivity index (χ4n) is 2.08. The number of nitrogens with zero attached hydrogens (tertiary/aromatic N) is 1. The van der Waals surface area contributed by atoms with Crippen LogP contribution in [0.25, 0.3) is 5.69 Å². The highest BCUT2D eigenvalue weighted by Gasteiger charge is 2.24. The maximum absolute atomic E-state index is 13.1. The van der Waals surface area contributed by atoms with Gasteiger partial charge in [-0.1, -0.05) is 11.6 Å². The Labute approximate surface area is 134 Å². The fraction of sp³-hybridized carbons (Fsp3) is 0.214. The van der Waals surface area contributed by atoms with E-state index >= 15 is 0 Å². The number of rotatable bonds is 6. The molecule has 23 heavy (non-hydrogen) atoms. The van der Waals surface area contributed by atoms with Crippen molar-refractivity contribution in [2.45, 2.75) is 6.42 Å². The third-order valence-electron chi connectivity index (χ3n) is 3.00. The van der Waals surface area contributed by atoms with E-state index < -0.39 is 29.5 Å². The van der Waals surface area contributed by atoms with Crippen molar-refractivity contribution in [2.75, 3.05) is 13.7 Å². The zero-order valence-electron chi connectivity index (χ0n) is 11.9. The van der Waals surface area contributed by atoms with Gasteiger partial charge >= 0.3 is 5.97 Å². The van der Waals surface area contributed by atoms with Gasteiger partial charge in [-0.3, -0.25) is 19.5 Å². The van der Waals surface area contributed by atoms with Gasteiger partial charge in [0.25, 0.3) is 5.56 Å². The first kappa shape index (κ1) is 16.9. The number of hydrogen-bond acceptors (Lipinski definition) is 4. The summed E-state index contributed by atoms with van der Waals surface area (Å²) in [4.78, 5) is 35.4. The number of aromatic amines is 1. The van der Waals surface area contributed by atoms with Crippen LogP contribution in [0.15, 0.2) is 23.0 Å². The van der Waals surface area contributed by atoms with Gasteiger partial charge in [0.1, 0.15) is 18.0 Å². The van der Waals surface area contributed by atoms with Gasteiger partial charge in [0.2, 0.25) is 0 Å². The Bertz CT molecular complexity index is 827. The van der Waals surface area contributed by atoms with Gasteiger partial charge in [-0.2, -0.15) is 0 Å². The predicted octanol–water partition coefficient (Wildman–Crippen LogP) is 1.41. The number of carboxylic acids is 1. The summed E-state index contributed by atoms with van der Waals surface area (Å²) in [5.74, 6) is -2.49. The van der Waals surface area contributed by atoms with Crippen LogP contribution in [0.1, 0.15) is 16.1 Å². The molecule has 2 rings (SSSR count). The Morgan fingerprint density at radius 3 is 2.70 bits per heavy atom. The Morgan fingerprint density at radius 2 is 2.13 bits per heavy atom. The summed E-state index contributed by atoms with van der Waals surface area (Å²) in [5, 5.41) is 11.4. The zero-order valence-corrected chi connectivity index (χ0v) is 12.7. The Balaban J connectivity index is 2.64. The third kappa shape index (κ3) is 3.49. The number of aliphatic carboxylic acids is 1. The van der Waals surface area contributed by atoms with Crippen LogP contribution in [0.5, 0.6) is 0 Å². The number of carbonyl (C=O) groups is 2. The summed E-state index contributed by atoms with van der Waals surface area (Å²) in [7, 11) is 1.27. The molecule has 0 bridgehead atoms. The van der Waals surface area contributed by atoms with Crippen LogP contribution in [0.2, 0.25) is 5.02 Å². The molecule has 1 aromatic carbocycles. The molecule has 122 valence electrons. The molecule has 0 aliphatic carbocycles. The summed E-state index contributed by atoms with van der Waals surface area (Å²) in [6.45, 7) is -0.378. The van der Waals surface area contributed by atoms with Crippen molar-refractivity contribution < 1.29 is 23.8 Å². The van der Waals surface area contributed by atoms with E-state index in [-0.39, 0.29) is 28.6 Å². The number of carboxylic acid groups (broad SMARTS) is 1. The molecule has 0 radical (unpaired) electrons. The number of aromatic nitrogens is 2. The zero-order chi connectivity index (χ0) is 17.1. The van der Waals surface area contributed by atoms with E-state index in [9.17, 15) is 18.8 Å². The van der Waals surface area contributed by atoms with E-state index in [0.29, 0.717) is 0 Å². The lowest BCUT2D eigenvalue weighted by Crippen LogP contribution is -2.23. The van der Waals surface area contributed by atoms with Gasteiger partial charge in [0, 0.05) is 7.11 Å². The summed E-state index contributed by atoms with van der Waals surface area (Å²) in [6, 6.07) is 3.32. The minimum atomic E-state index is -1.23. The molecule has 0 saturated carbocycles. The quantitative estimate of drug-likeness (QED) is 0.773. The van der Waals surface area contributed by atoms with Crippen molar-refractivity contribution in [3.8, 4) is 5.69 Å². The maximum Gasteiger partial charge on any atom is 0.309 e. The molecule has 1 heterocycles. The predicted molar refractivity (Wildman–Crippen MR) is 78.9 cm³/mol. The molecule has 9 heteroatoms. The molecule has 7 nitrogen and oxygen atoms in total. The highest BCUT2D eigenvalue weighted by molar-refractivity contribution is 6.32. The molecule has 0 spiro atoms. The second-order valence-corrected chi connectivity index (χ2v) is 5.04. The van der Waals surface area contributed by atoms with Crippen LogP contribution in [-0.2, 0) is 16.0 Å². The van der Waals surface area contributed by atoms with Crippen LogP contribution in [-0.4, -0.2) is 40.4 Å². The third-order valence-corrected chi connectivity index (χ3v) is 3.30. The maximum atomic E-state index is 13.1. The number of nitrogens with one attached hydrogen (secondary N) is 1. The summed E-state index contributed by atoms with van der Waals surface area (Å²) < 4.78 is 18.7. The second kappa shape index (κ2) is 6.76. The standard InChI is InChI=1S/C14H12ClFN2O5/c1-23-6-11(19)13-9(5-12(20)21)17-18(14(13)22)10-3-2-7(16)4-8(10)15/h2-4,17H,5-6H2,1H3,(H,20,21). The molecule has 1 aromatic heterocycles. The number of Topliss-reactive ketones (excluding diaryl/α,β-unsaturated/α-hetero) is 1. The average Bonchev–Trinajstić information content (AvgIpc) is 2.75. The molecule has 2 aromatic rings. The van der Waals surface area contributed by atoms with Crippen LogP contribution < -0.4 is 5.56 Å². The molecule has 0 unspecified atom stereocenters. The van der Waals surface area contributed by atoms with Crippen LogP contribution in [0, 0.1) is 5.82 Å². The smallest absolute Gasteiger partial charge is 0.309 e. The minimum Gasteiger partial charge on any atom is -0.481 e. The molecular formula is C14H12ClFN2O5. The molecule has 0 saturated heterocycles. The Morgan fingerprint density at radius 1 is 1.43 bits per heavy atom. The normalized spacial score (nSPS) is 10.7. The molecule has 0 atom stereocenters. The van der Waals surface area contributed by atoms with Crippen molar-refractivity contribution in [2.24, 2.45) is 0 Å². The average molecular weight is 343 g/mol. The number of ether oxygens (including phenoxy) is 1. The Hall–Kier alpha value is -2.45.